The zero-order chi connectivity index (χ0) is 33.9. The van der Waals surface area contributed by atoms with Crippen molar-refractivity contribution >= 4 is 22.0 Å². The number of methoxy groups -OCH3 is 1. The third kappa shape index (κ3) is 8.50. The highest BCUT2D eigenvalue weighted by Gasteiger charge is 2.48. The van der Waals surface area contributed by atoms with Gasteiger partial charge in [-0.25, -0.2) is 19.2 Å². The number of amides is 1. The maximum absolute atomic E-state index is 14.7. The van der Waals surface area contributed by atoms with Crippen molar-refractivity contribution in [3.8, 4) is 22.9 Å². The second kappa shape index (κ2) is 13.6. The van der Waals surface area contributed by atoms with Crippen LogP contribution in [0.4, 0.5) is 22.4 Å². The summed E-state index contributed by atoms with van der Waals surface area (Å²) >= 11 is 0. The molecule has 1 fully saturated rings. The maximum Gasteiger partial charge on any atom is 0.534 e. The summed E-state index contributed by atoms with van der Waals surface area (Å²) in [5.74, 6) is -1.95. The smallest absolute Gasteiger partial charge is 0.496 e. The van der Waals surface area contributed by atoms with E-state index in [2.05, 4.69) is 19.5 Å². The number of carbonyl (C=O) groups is 2. The number of alkyl carbamates (subject to hydrolysis) is 1. The van der Waals surface area contributed by atoms with Crippen molar-refractivity contribution in [3.63, 3.8) is 0 Å². The molecule has 1 aliphatic rings. The predicted molar refractivity (Wildman–Crippen MR) is 158 cm³/mol. The van der Waals surface area contributed by atoms with Crippen molar-refractivity contribution in [3.05, 3.63) is 71.3 Å². The van der Waals surface area contributed by atoms with Gasteiger partial charge in [-0.05, 0) is 93.8 Å². The number of carbonyl (C=O) groups excluding carboxylic acids is 2. The molecule has 46 heavy (non-hydrogen) atoms. The minimum atomic E-state index is -5.94. The fourth-order valence-electron chi connectivity index (χ4n) is 5.15. The van der Waals surface area contributed by atoms with Crippen LogP contribution >= 0.6 is 0 Å². The molecule has 1 amide bonds. The first kappa shape index (κ1) is 34.6. The lowest BCUT2D eigenvalue weighted by molar-refractivity contribution is -0.0500. The topological polar surface area (TPSA) is 134 Å². The highest BCUT2D eigenvalue weighted by Crippen LogP contribution is 2.38. The molecule has 0 atom stereocenters. The van der Waals surface area contributed by atoms with Crippen molar-refractivity contribution in [1.82, 2.24) is 15.3 Å². The van der Waals surface area contributed by atoms with Gasteiger partial charge in [0.25, 0.3) is 0 Å². The molecule has 1 N–H and O–H groups in total. The number of hydrogen-bond acceptors (Lipinski definition) is 9. The summed E-state index contributed by atoms with van der Waals surface area (Å²) in [4.78, 5) is 34.0. The van der Waals surface area contributed by atoms with Crippen LogP contribution in [-0.4, -0.2) is 54.5 Å². The van der Waals surface area contributed by atoms with E-state index in [-0.39, 0.29) is 41.2 Å². The third-order valence-corrected chi connectivity index (χ3v) is 8.18. The number of aromatic nitrogens is 2. The Balaban J connectivity index is 1.61. The molecule has 248 valence electrons. The van der Waals surface area contributed by atoms with Gasteiger partial charge in [0.1, 0.15) is 28.6 Å². The molecule has 0 spiro atoms. The summed E-state index contributed by atoms with van der Waals surface area (Å²) in [6.45, 7) is 5.21. The van der Waals surface area contributed by atoms with Crippen LogP contribution in [0.15, 0.2) is 48.7 Å². The Morgan fingerprint density at radius 3 is 2.35 bits per heavy atom. The third-order valence-electron chi connectivity index (χ3n) is 7.21. The second-order valence-corrected chi connectivity index (χ2v) is 13.3. The molecule has 0 unspecified atom stereocenters. The number of ether oxygens (including phenoxy) is 2. The lowest BCUT2D eigenvalue weighted by Crippen LogP contribution is -2.40. The van der Waals surface area contributed by atoms with Gasteiger partial charge in [-0.3, -0.25) is 4.79 Å². The number of benzene rings is 2. The molecule has 3 aromatic rings. The number of halogens is 4. The number of Topliss-reactive ketones (excluding diaryl/α,β-unsaturated/α-hetero) is 1. The number of nitrogens with one attached hydrogen (secondary N) is 1. The van der Waals surface area contributed by atoms with Crippen LogP contribution in [0.3, 0.4) is 0 Å². The lowest BCUT2D eigenvalue weighted by Gasteiger charge is -2.31. The van der Waals surface area contributed by atoms with Crippen LogP contribution in [0, 0.1) is 5.82 Å². The Kier molecular flexibility index (Phi) is 10.2. The van der Waals surface area contributed by atoms with Crippen molar-refractivity contribution < 1.29 is 49.2 Å². The van der Waals surface area contributed by atoms with E-state index in [1.54, 1.807) is 20.8 Å². The Hall–Kier alpha value is -4.27. The van der Waals surface area contributed by atoms with E-state index in [0.29, 0.717) is 36.8 Å². The Morgan fingerprint density at radius 2 is 1.72 bits per heavy atom. The fourth-order valence-corrected chi connectivity index (χ4v) is 5.60. The van der Waals surface area contributed by atoms with E-state index < -0.39 is 44.7 Å². The molecule has 1 aromatic heterocycles. The van der Waals surface area contributed by atoms with E-state index in [1.165, 1.54) is 49.7 Å². The number of nitrogens with zero attached hydrogens (tertiary/aromatic N) is 2. The van der Waals surface area contributed by atoms with E-state index in [1.807, 2.05) is 0 Å². The van der Waals surface area contributed by atoms with Gasteiger partial charge in [-0.15, -0.1) is 0 Å². The molecule has 0 aliphatic heterocycles. The first-order valence-corrected chi connectivity index (χ1v) is 15.7. The Bertz CT molecular complexity index is 1700. The molecule has 0 bridgehead atoms. The molecule has 1 heterocycles. The van der Waals surface area contributed by atoms with E-state index in [9.17, 15) is 35.6 Å². The number of ketones is 1. The molecule has 0 saturated heterocycles. The molecule has 15 heteroatoms. The lowest BCUT2D eigenvalue weighted by atomic mass is 9.79. The van der Waals surface area contributed by atoms with Gasteiger partial charge >= 0.3 is 21.7 Å². The predicted octanol–water partition coefficient (Wildman–Crippen LogP) is 6.50. The van der Waals surface area contributed by atoms with Crippen molar-refractivity contribution in [1.29, 1.82) is 0 Å². The molecule has 2 aromatic carbocycles. The van der Waals surface area contributed by atoms with E-state index in [0.717, 1.165) is 6.07 Å². The standard InChI is InChI=1S/C31H33F4N3O7S/c1-30(2,3)44-29(40)37-20-11-8-18(9-12-20)22-17-21(45-46(41,42)31(33,34)35)13-10-19(22)16-25(39)24-14-15-36-28(38-24)27-23(32)6-5-7-26(27)43-4/h5-7,10,13-15,17-18,20H,8-9,11-12,16H2,1-4H3,(H,37,40). The van der Waals surface area contributed by atoms with Crippen LogP contribution in [0.1, 0.15) is 74.0 Å². The molecule has 1 saturated carbocycles. The quantitative estimate of drug-likeness (QED) is 0.118. The van der Waals surface area contributed by atoms with Crippen LogP contribution < -0.4 is 14.2 Å². The summed E-state index contributed by atoms with van der Waals surface area (Å²) in [5, 5.41) is 2.81. The first-order chi connectivity index (χ1) is 21.5. The van der Waals surface area contributed by atoms with Crippen molar-refractivity contribution in [2.24, 2.45) is 0 Å². The van der Waals surface area contributed by atoms with E-state index in [4.69, 9.17) is 9.47 Å². The zero-order valence-electron chi connectivity index (χ0n) is 25.5. The van der Waals surface area contributed by atoms with Gasteiger partial charge in [0, 0.05) is 18.7 Å². The molecule has 0 radical (unpaired) electrons. The van der Waals surface area contributed by atoms with Crippen LogP contribution in [0.2, 0.25) is 0 Å². The van der Waals surface area contributed by atoms with Gasteiger partial charge in [0.05, 0.1) is 12.7 Å². The molecule has 1 aliphatic carbocycles. The average molecular weight is 668 g/mol. The summed E-state index contributed by atoms with van der Waals surface area (Å²) in [7, 11) is -4.59. The molecule has 4 rings (SSSR count). The maximum atomic E-state index is 14.7. The van der Waals surface area contributed by atoms with Gasteiger partial charge in [-0.2, -0.15) is 21.6 Å². The van der Waals surface area contributed by atoms with Crippen LogP contribution in [0.5, 0.6) is 11.5 Å². The van der Waals surface area contributed by atoms with Gasteiger partial charge in [0.2, 0.25) is 0 Å². The second-order valence-electron chi connectivity index (χ2n) is 11.7. The van der Waals surface area contributed by atoms with Crippen LogP contribution in [0.25, 0.3) is 11.4 Å². The van der Waals surface area contributed by atoms with E-state index >= 15 is 0 Å². The Labute approximate surface area is 263 Å². The van der Waals surface area contributed by atoms with Gasteiger partial charge < -0.3 is 19.0 Å². The van der Waals surface area contributed by atoms with Crippen molar-refractivity contribution in [2.45, 2.75) is 75.9 Å². The molecular formula is C31H33F4N3O7S. The summed E-state index contributed by atoms with van der Waals surface area (Å²) in [6, 6.07) is 8.85. The molecular weight excluding hydrogens is 634 g/mol. The largest absolute Gasteiger partial charge is 0.534 e. The highest BCUT2D eigenvalue weighted by molar-refractivity contribution is 7.88. The number of hydrogen-bond donors (Lipinski definition) is 1. The summed E-state index contributed by atoms with van der Waals surface area (Å²) in [6.07, 6.45) is 2.35. The zero-order valence-corrected chi connectivity index (χ0v) is 26.3. The Morgan fingerprint density at radius 1 is 1.02 bits per heavy atom. The molecule has 10 nitrogen and oxygen atoms in total. The highest BCUT2D eigenvalue weighted by atomic mass is 32.2. The SMILES string of the molecule is COc1cccc(F)c1-c1nccc(C(=O)Cc2ccc(OS(=O)(=O)C(F)(F)F)cc2C2CCC(NC(=O)OC(C)(C)C)CC2)n1. The number of alkyl halides is 3. The van der Waals surface area contributed by atoms with Crippen LogP contribution in [-0.2, 0) is 21.3 Å². The monoisotopic (exact) mass is 667 g/mol. The normalized spacial score (nSPS) is 17.2. The van der Waals surface area contributed by atoms with Gasteiger partial charge in [0.15, 0.2) is 11.6 Å². The number of rotatable bonds is 9. The van der Waals surface area contributed by atoms with Gasteiger partial charge in [-0.1, -0.05) is 12.1 Å². The summed E-state index contributed by atoms with van der Waals surface area (Å²) < 4.78 is 92.1. The minimum absolute atomic E-state index is 0.0375. The minimum Gasteiger partial charge on any atom is -0.496 e. The van der Waals surface area contributed by atoms with Crippen molar-refractivity contribution in [2.75, 3.05) is 7.11 Å². The first-order valence-electron chi connectivity index (χ1n) is 14.3. The average Bonchev–Trinajstić information content (AvgIpc) is 2.96. The summed E-state index contributed by atoms with van der Waals surface area (Å²) in [5.41, 5.74) is -5.58. The fraction of sp³-hybridized carbons (Fsp3) is 0.419.